The third-order valence-electron chi connectivity index (χ3n) is 3.23. The van der Waals surface area contributed by atoms with E-state index in [0.717, 1.165) is 4.52 Å². The molecule has 1 N–H and O–H groups in total. The van der Waals surface area contributed by atoms with E-state index in [1.165, 1.54) is 18.2 Å². The monoisotopic (exact) mass is 284 g/mol. The molecule has 0 spiro atoms. The highest BCUT2D eigenvalue weighted by Gasteiger charge is 2.13. The summed E-state index contributed by atoms with van der Waals surface area (Å²) in [6.45, 7) is 0. The van der Waals surface area contributed by atoms with E-state index in [1.54, 1.807) is 24.1 Å². The van der Waals surface area contributed by atoms with Crippen molar-refractivity contribution in [3.63, 3.8) is 0 Å². The van der Waals surface area contributed by atoms with E-state index in [9.17, 15) is 9.18 Å². The number of rotatable bonds is 1. The molecule has 0 unspecified atom stereocenters. The van der Waals surface area contributed by atoms with Crippen LogP contribution in [0.5, 0.6) is 0 Å². The lowest BCUT2D eigenvalue weighted by molar-refractivity contribution is 0.629. The zero-order valence-corrected chi connectivity index (χ0v) is 10.9. The molecule has 4 rings (SSSR count). The van der Waals surface area contributed by atoms with Crippen LogP contribution in [0.15, 0.2) is 35.4 Å². The Morgan fingerprint density at radius 1 is 1.33 bits per heavy atom. The Kier molecular flexibility index (Phi) is 2.23. The molecule has 0 bridgehead atoms. The lowest BCUT2D eigenvalue weighted by atomic mass is 10.2. The van der Waals surface area contributed by atoms with Crippen molar-refractivity contribution in [1.29, 1.82) is 0 Å². The van der Waals surface area contributed by atoms with Crippen LogP contribution in [-0.2, 0) is 7.05 Å². The maximum absolute atomic E-state index is 13.4. The fourth-order valence-corrected chi connectivity index (χ4v) is 2.27. The van der Waals surface area contributed by atoms with Crippen molar-refractivity contribution in [3.05, 3.63) is 46.9 Å². The number of nitrogens with one attached hydrogen (secondary N) is 1. The molecule has 0 aliphatic rings. The van der Waals surface area contributed by atoms with Crippen LogP contribution in [0.4, 0.5) is 4.39 Å². The van der Waals surface area contributed by atoms with E-state index < -0.39 is 11.5 Å². The Balaban J connectivity index is 2.10. The van der Waals surface area contributed by atoms with E-state index >= 15 is 0 Å². The number of aromatic amines is 1. The van der Waals surface area contributed by atoms with E-state index in [1.807, 2.05) is 0 Å². The number of hydrogen-bond acceptors (Lipinski definition) is 4. The van der Waals surface area contributed by atoms with Crippen molar-refractivity contribution in [1.82, 2.24) is 29.4 Å². The summed E-state index contributed by atoms with van der Waals surface area (Å²) in [7, 11) is 1.77. The molecule has 0 amide bonds. The second kappa shape index (κ2) is 3.98. The van der Waals surface area contributed by atoms with Crippen LogP contribution >= 0.6 is 0 Å². The fraction of sp³-hybridized carbons (Fsp3) is 0.0769. The molecule has 0 aliphatic heterocycles. The van der Waals surface area contributed by atoms with Gasteiger partial charge in [0.2, 0.25) is 0 Å². The molecule has 0 atom stereocenters. The molecule has 0 radical (unpaired) electrons. The van der Waals surface area contributed by atoms with Crippen LogP contribution in [0.2, 0.25) is 0 Å². The summed E-state index contributed by atoms with van der Waals surface area (Å²) in [4.78, 5) is 19.0. The van der Waals surface area contributed by atoms with E-state index in [0.29, 0.717) is 27.9 Å². The highest BCUT2D eigenvalue weighted by Crippen LogP contribution is 2.20. The molecule has 4 aromatic rings. The minimum atomic E-state index is -0.424. The highest BCUT2D eigenvalue weighted by molar-refractivity contribution is 5.91. The normalized spacial score (nSPS) is 11.5. The van der Waals surface area contributed by atoms with Crippen molar-refractivity contribution in [2.75, 3.05) is 0 Å². The Labute approximate surface area is 116 Å². The molecule has 8 heteroatoms. The number of aryl methyl sites for hydroxylation is 1. The number of benzene rings is 1. The molecule has 0 aliphatic carbocycles. The van der Waals surface area contributed by atoms with Crippen LogP contribution in [0.25, 0.3) is 27.9 Å². The summed E-state index contributed by atoms with van der Waals surface area (Å²) in [6.07, 6.45) is 3.34. The lowest BCUT2D eigenvalue weighted by Gasteiger charge is -1.98. The average molecular weight is 284 g/mol. The van der Waals surface area contributed by atoms with E-state index in [-0.39, 0.29) is 0 Å². The minimum Gasteiger partial charge on any atom is -0.305 e. The first-order valence-electron chi connectivity index (χ1n) is 6.19. The van der Waals surface area contributed by atoms with Crippen LogP contribution in [-0.4, -0.2) is 29.4 Å². The third kappa shape index (κ3) is 1.72. The van der Waals surface area contributed by atoms with Gasteiger partial charge in [0.25, 0.3) is 0 Å². The molecule has 3 aromatic heterocycles. The Bertz CT molecular complexity index is 1040. The number of fused-ring (bicyclic) bond motifs is 3. The zero-order chi connectivity index (χ0) is 14.6. The van der Waals surface area contributed by atoms with Crippen molar-refractivity contribution < 1.29 is 4.39 Å². The first-order valence-corrected chi connectivity index (χ1v) is 6.19. The van der Waals surface area contributed by atoms with Gasteiger partial charge in [-0.05, 0) is 18.2 Å². The second-order valence-corrected chi connectivity index (χ2v) is 4.69. The number of aromatic nitrogens is 6. The summed E-state index contributed by atoms with van der Waals surface area (Å²) < 4.78 is 16.2. The average Bonchev–Trinajstić information content (AvgIpc) is 3.06. The van der Waals surface area contributed by atoms with Gasteiger partial charge in [0.15, 0.2) is 11.5 Å². The maximum atomic E-state index is 13.4. The number of halogens is 1. The summed E-state index contributed by atoms with van der Waals surface area (Å²) in [5, 5.41) is 8.70. The lowest BCUT2D eigenvalue weighted by Crippen LogP contribution is -2.17. The topological polar surface area (TPSA) is 80.9 Å². The Morgan fingerprint density at radius 2 is 2.19 bits per heavy atom. The third-order valence-corrected chi connectivity index (χ3v) is 3.23. The Hall–Kier alpha value is -3.03. The van der Waals surface area contributed by atoms with Crippen molar-refractivity contribution in [2.24, 2.45) is 7.05 Å². The molecular weight excluding hydrogens is 275 g/mol. The largest absolute Gasteiger partial charge is 0.348 e. The molecule has 0 saturated carbocycles. The van der Waals surface area contributed by atoms with Gasteiger partial charge in [0.1, 0.15) is 5.82 Å². The molecule has 104 valence electrons. The minimum absolute atomic E-state index is 0.312. The summed E-state index contributed by atoms with van der Waals surface area (Å²) >= 11 is 0. The van der Waals surface area contributed by atoms with Crippen LogP contribution < -0.4 is 5.69 Å². The van der Waals surface area contributed by atoms with Crippen molar-refractivity contribution in [3.8, 4) is 11.4 Å². The number of hydrogen-bond donors (Lipinski definition) is 1. The van der Waals surface area contributed by atoms with Gasteiger partial charge in [-0.15, -0.1) is 5.10 Å². The van der Waals surface area contributed by atoms with Crippen LogP contribution in [0.1, 0.15) is 0 Å². The fourth-order valence-electron chi connectivity index (χ4n) is 2.27. The van der Waals surface area contributed by atoms with Gasteiger partial charge in [-0.25, -0.2) is 14.2 Å². The SMILES string of the molecule is Cn1cc(-c2nc3c4cc(F)ccc4[nH]c(=O)n3n2)cn1. The second-order valence-electron chi connectivity index (χ2n) is 4.69. The Morgan fingerprint density at radius 3 is 2.95 bits per heavy atom. The van der Waals surface area contributed by atoms with E-state index in [4.69, 9.17) is 0 Å². The van der Waals surface area contributed by atoms with Crippen LogP contribution in [0.3, 0.4) is 0 Å². The van der Waals surface area contributed by atoms with E-state index in [2.05, 4.69) is 20.2 Å². The predicted molar refractivity (Wildman–Crippen MR) is 73.3 cm³/mol. The number of nitrogens with zero attached hydrogens (tertiary/aromatic N) is 5. The number of H-pyrrole nitrogens is 1. The predicted octanol–water partition coefficient (Wildman–Crippen LogP) is 1.11. The van der Waals surface area contributed by atoms with Crippen molar-refractivity contribution >= 4 is 16.6 Å². The molecular formula is C13H9FN6O. The van der Waals surface area contributed by atoms with Crippen molar-refractivity contribution in [2.45, 2.75) is 0 Å². The first kappa shape index (κ1) is 11.8. The van der Waals surface area contributed by atoms with Gasteiger partial charge in [-0.3, -0.25) is 4.68 Å². The quantitative estimate of drug-likeness (QED) is 0.567. The summed E-state index contributed by atoms with van der Waals surface area (Å²) in [6, 6.07) is 4.11. The molecule has 3 heterocycles. The van der Waals surface area contributed by atoms with Gasteiger partial charge < -0.3 is 4.98 Å². The standard InChI is InChI=1S/C13H9FN6O/c1-19-6-7(5-15-19)11-17-12-9-4-8(14)2-3-10(9)16-13(21)20(12)18-11/h2-6H,1H3,(H,16,21). The van der Waals surface area contributed by atoms with Gasteiger partial charge in [-0.2, -0.15) is 9.61 Å². The highest BCUT2D eigenvalue weighted by atomic mass is 19.1. The summed E-state index contributed by atoms with van der Waals surface area (Å²) in [5.74, 6) is -0.0345. The molecule has 0 fully saturated rings. The first-order chi connectivity index (χ1) is 10.1. The molecule has 0 saturated heterocycles. The van der Waals surface area contributed by atoms with Crippen LogP contribution in [0, 0.1) is 5.82 Å². The molecule has 21 heavy (non-hydrogen) atoms. The molecule has 1 aromatic carbocycles. The van der Waals surface area contributed by atoms with Gasteiger partial charge >= 0.3 is 5.69 Å². The molecule has 7 nitrogen and oxygen atoms in total. The zero-order valence-electron chi connectivity index (χ0n) is 10.9. The maximum Gasteiger partial charge on any atom is 0.348 e. The van der Waals surface area contributed by atoms with Gasteiger partial charge in [0, 0.05) is 18.6 Å². The smallest absolute Gasteiger partial charge is 0.305 e. The summed E-state index contributed by atoms with van der Waals surface area (Å²) in [5.41, 5.74) is 1.09. The van der Waals surface area contributed by atoms with Gasteiger partial charge in [-0.1, -0.05) is 0 Å². The van der Waals surface area contributed by atoms with Gasteiger partial charge in [0.05, 0.1) is 17.3 Å².